The summed E-state index contributed by atoms with van der Waals surface area (Å²) in [7, 11) is 6.66. The van der Waals surface area contributed by atoms with Crippen LogP contribution in [0.1, 0.15) is 18.5 Å². The van der Waals surface area contributed by atoms with Crippen molar-refractivity contribution in [2.75, 3.05) is 46.7 Å². The van der Waals surface area contributed by atoms with Crippen molar-refractivity contribution < 1.29 is 18.3 Å². The third kappa shape index (κ3) is 6.69. The smallest absolute Gasteiger partial charge is 0.195 e. The highest BCUT2D eigenvalue weighted by Crippen LogP contribution is 2.30. The molecule has 0 aliphatic rings. The summed E-state index contributed by atoms with van der Waals surface area (Å²) < 4.78 is 39.1. The molecule has 0 saturated heterocycles. The Kier molecular flexibility index (Phi) is 10.8. The first-order valence-corrected chi connectivity index (χ1v) is 9.28. The summed E-state index contributed by atoms with van der Waals surface area (Å²) in [5.74, 6) is 0.507. The first-order chi connectivity index (χ1) is 13.9. The van der Waals surface area contributed by atoms with Gasteiger partial charge >= 0.3 is 0 Å². The molecule has 0 saturated carbocycles. The summed E-state index contributed by atoms with van der Waals surface area (Å²) in [6.45, 7) is 2.72. The number of nitrogens with zero attached hydrogens (tertiary/aromatic N) is 2. The zero-order chi connectivity index (χ0) is 21.4. The fourth-order valence-electron chi connectivity index (χ4n) is 2.88. The first kappa shape index (κ1) is 25.9. The zero-order valence-corrected chi connectivity index (χ0v) is 20.2. The molecule has 2 N–H and O–H groups in total. The van der Waals surface area contributed by atoms with Crippen molar-refractivity contribution >= 4 is 35.6 Å². The van der Waals surface area contributed by atoms with E-state index >= 15 is 0 Å². The van der Waals surface area contributed by atoms with E-state index < -0.39 is 17.7 Å². The number of halogens is 3. The number of benzene rings is 2. The van der Waals surface area contributed by atoms with Crippen LogP contribution in [0.15, 0.2) is 41.4 Å². The summed E-state index contributed by atoms with van der Waals surface area (Å²) in [5, 5.41) is 6.31. The highest BCUT2D eigenvalue weighted by atomic mass is 127. The molecule has 6 nitrogen and oxygen atoms in total. The standard InChI is InChI=1S/C21H28F2N4O2.HI/c1-6-24-21(26-14-10-11-18(28-4)19(12-14)29-5)25-13-17(27(2)3)20-15(22)8-7-9-16(20)23;/h7-12,17H,6,13H2,1-5H3,(H2,24,25,26);1H. The van der Waals surface area contributed by atoms with Crippen molar-refractivity contribution in [3.05, 3.63) is 53.6 Å². The number of nitrogens with one attached hydrogen (secondary N) is 2. The van der Waals surface area contributed by atoms with Crippen LogP contribution in [0.4, 0.5) is 14.5 Å². The fraction of sp³-hybridized carbons (Fsp3) is 0.381. The van der Waals surface area contributed by atoms with Crippen molar-refractivity contribution in [1.29, 1.82) is 0 Å². The van der Waals surface area contributed by atoms with Crippen LogP contribution in [-0.2, 0) is 0 Å². The lowest BCUT2D eigenvalue weighted by Gasteiger charge is -2.24. The van der Waals surface area contributed by atoms with Gasteiger partial charge in [-0.25, -0.2) is 8.78 Å². The Morgan fingerprint density at radius 3 is 2.23 bits per heavy atom. The summed E-state index contributed by atoms with van der Waals surface area (Å²) in [5.41, 5.74) is 0.740. The van der Waals surface area contributed by atoms with Gasteiger partial charge in [-0.1, -0.05) is 6.07 Å². The lowest BCUT2D eigenvalue weighted by molar-refractivity contribution is 0.290. The molecule has 166 valence electrons. The van der Waals surface area contributed by atoms with E-state index in [1.807, 2.05) is 13.0 Å². The maximum Gasteiger partial charge on any atom is 0.195 e. The van der Waals surface area contributed by atoms with Crippen LogP contribution in [0.25, 0.3) is 0 Å². The molecule has 0 aromatic heterocycles. The molecular formula is C21H29F2IN4O2. The molecule has 2 aromatic rings. The molecule has 0 spiro atoms. The number of rotatable bonds is 8. The second-order valence-corrected chi connectivity index (χ2v) is 6.53. The molecule has 0 amide bonds. The topological polar surface area (TPSA) is 58.1 Å². The minimum atomic E-state index is -0.586. The van der Waals surface area contributed by atoms with Crippen LogP contribution in [0.5, 0.6) is 11.5 Å². The Morgan fingerprint density at radius 1 is 1.07 bits per heavy atom. The molecule has 0 radical (unpaired) electrons. The normalized spacial score (nSPS) is 12.2. The second kappa shape index (κ2) is 12.5. The minimum absolute atomic E-state index is 0. The number of hydrogen-bond donors (Lipinski definition) is 2. The van der Waals surface area contributed by atoms with E-state index in [1.54, 1.807) is 45.3 Å². The Labute approximate surface area is 193 Å². The number of methoxy groups -OCH3 is 2. The van der Waals surface area contributed by atoms with Gasteiger partial charge in [-0.3, -0.25) is 4.99 Å². The largest absolute Gasteiger partial charge is 0.493 e. The lowest BCUT2D eigenvalue weighted by Crippen LogP contribution is -2.32. The molecule has 2 aromatic carbocycles. The lowest BCUT2D eigenvalue weighted by atomic mass is 10.0. The van der Waals surface area contributed by atoms with E-state index in [2.05, 4.69) is 15.6 Å². The van der Waals surface area contributed by atoms with E-state index in [9.17, 15) is 8.78 Å². The molecule has 0 aliphatic heterocycles. The molecule has 0 fully saturated rings. The number of ether oxygens (including phenoxy) is 2. The van der Waals surface area contributed by atoms with E-state index in [0.29, 0.717) is 24.0 Å². The van der Waals surface area contributed by atoms with Crippen molar-refractivity contribution in [1.82, 2.24) is 10.2 Å². The predicted octanol–water partition coefficient (Wildman–Crippen LogP) is 4.28. The van der Waals surface area contributed by atoms with Gasteiger partial charge in [-0.2, -0.15) is 0 Å². The van der Waals surface area contributed by atoms with E-state index in [-0.39, 0.29) is 36.1 Å². The molecule has 0 aliphatic carbocycles. The van der Waals surface area contributed by atoms with Gasteiger partial charge in [0.2, 0.25) is 0 Å². The van der Waals surface area contributed by atoms with E-state index in [1.165, 1.54) is 18.2 Å². The van der Waals surface area contributed by atoms with Gasteiger partial charge in [0.05, 0.1) is 26.8 Å². The SMILES string of the molecule is CCNC(=NCC(c1c(F)cccc1F)N(C)C)Nc1ccc(OC)c(OC)c1.I. The number of guanidine groups is 1. The molecular weight excluding hydrogens is 505 g/mol. The van der Waals surface area contributed by atoms with Crippen LogP contribution in [-0.4, -0.2) is 52.3 Å². The fourth-order valence-corrected chi connectivity index (χ4v) is 2.88. The zero-order valence-electron chi connectivity index (χ0n) is 17.8. The minimum Gasteiger partial charge on any atom is -0.493 e. The summed E-state index contributed by atoms with van der Waals surface area (Å²) >= 11 is 0. The van der Waals surface area contributed by atoms with Crippen molar-refractivity contribution in [3.63, 3.8) is 0 Å². The third-order valence-electron chi connectivity index (χ3n) is 4.37. The molecule has 2 rings (SSSR count). The van der Waals surface area contributed by atoms with Crippen LogP contribution in [0, 0.1) is 11.6 Å². The van der Waals surface area contributed by atoms with Gasteiger partial charge in [0.25, 0.3) is 0 Å². The number of aliphatic imine (C=N–C) groups is 1. The van der Waals surface area contributed by atoms with Crippen LogP contribution in [0.3, 0.4) is 0 Å². The third-order valence-corrected chi connectivity index (χ3v) is 4.37. The molecule has 0 bridgehead atoms. The van der Waals surface area contributed by atoms with Crippen LogP contribution < -0.4 is 20.1 Å². The molecule has 9 heteroatoms. The highest BCUT2D eigenvalue weighted by Gasteiger charge is 2.22. The Bertz CT molecular complexity index is 830. The predicted molar refractivity (Wildman–Crippen MR) is 127 cm³/mol. The maximum atomic E-state index is 14.3. The molecule has 1 unspecified atom stereocenters. The van der Waals surface area contributed by atoms with Gasteiger partial charge in [0.1, 0.15) is 11.6 Å². The average molecular weight is 534 g/mol. The first-order valence-electron chi connectivity index (χ1n) is 9.28. The van der Waals surface area contributed by atoms with E-state index in [0.717, 1.165) is 5.69 Å². The van der Waals surface area contributed by atoms with E-state index in [4.69, 9.17) is 9.47 Å². The van der Waals surface area contributed by atoms with Crippen molar-refractivity contribution in [2.24, 2.45) is 4.99 Å². The summed E-state index contributed by atoms with van der Waals surface area (Å²) in [4.78, 5) is 6.28. The van der Waals surface area contributed by atoms with Crippen molar-refractivity contribution in [2.45, 2.75) is 13.0 Å². The Hall–Kier alpha value is -2.14. The van der Waals surface area contributed by atoms with Gasteiger partial charge in [-0.05, 0) is 45.3 Å². The van der Waals surface area contributed by atoms with Crippen LogP contribution in [0.2, 0.25) is 0 Å². The average Bonchev–Trinajstić information content (AvgIpc) is 2.69. The van der Waals surface area contributed by atoms with Crippen molar-refractivity contribution in [3.8, 4) is 11.5 Å². The quantitative estimate of drug-likeness (QED) is 0.301. The number of hydrogen-bond acceptors (Lipinski definition) is 4. The molecule has 30 heavy (non-hydrogen) atoms. The number of likely N-dealkylation sites (N-methyl/N-ethyl adjacent to an activating group) is 1. The van der Waals surface area contributed by atoms with Gasteiger partial charge in [-0.15, -0.1) is 24.0 Å². The molecule has 0 heterocycles. The van der Waals surface area contributed by atoms with Gasteiger partial charge in [0.15, 0.2) is 17.5 Å². The monoisotopic (exact) mass is 534 g/mol. The highest BCUT2D eigenvalue weighted by molar-refractivity contribution is 14.0. The number of anilines is 1. The maximum absolute atomic E-state index is 14.3. The molecule has 1 atom stereocenters. The van der Waals surface area contributed by atoms with Crippen LogP contribution >= 0.6 is 24.0 Å². The Balaban J connectivity index is 0.00000450. The Morgan fingerprint density at radius 2 is 1.70 bits per heavy atom. The summed E-state index contributed by atoms with van der Waals surface area (Å²) in [6.07, 6.45) is 0. The second-order valence-electron chi connectivity index (χ2n) is 6.53. The van der Waals surface area contributed by atoms with Gasteiger partial charge in [0, 0.05) is 23.9 Å². The summed E-state index contributed by atoms with van der Waals surface area (Å²) in [6, 6.07) is 8.70. The van der Waals surface area contributed by atoms with Gasteiger partial charge < -0.3 is 25.0 Å².